The van der Waals surface area contributed by atoms with Crippen LogP contribution in [0.3, 0.4) is 0 Å². The third-order valence-corrected chi connectivity index (χ3v) is 1.36. The third kappa shape index (κ3) is 1.49. The van der Waals surface area contributed by atoms with Gasteiger partial charge in [-0.05, 0) is 13.2 Å². The fourth-order valence-electron chi connectivity index (χ4n) is 1.10. The summed E-state index contributed by atoms with van der Waals surface area (Å²) in [6, 6.07) is 0. The Morgan fingerprint density at radius 2 is 1.44 bits per heavy atom. The first-order valence-electron chi connectivity index (χ1n) is 3.05. The van der Waals surface area contributed by atoms with Gasteiger partial charge in [-0.3, -0.25) is 0 Å². The van der Waals surface area contributed by atoms with E-state index in [0.717, 1.165) is 24.0 Å². The predicted molar refractivity (Wildman–Crippen MR) is 41.0 cm³/mol. The van der Waals surface area contributed by atoms with E-state index < -0.39 is 0 Å². The molecule has 46 valence electrons. The van der Waals surface area contributed by atoms with Gasteiger partial charge in [-0.2, -0.15) is 0 Å². The molecule has 0 aromatic rings. The first-order chi connectivity index (χ1) is 4.18. The quantitative estimate of drug-likeness (QED) is 0.339. The molecule has 0 saturated heterocycles. The highest BCUT2D eigenvalue weighted by Gasteiger charge is 2.15. The predicted octanol–water partition coefficient (Wildman–Crippen LogP) is 2.65. The second-order valence-corrected chi connectivity index (χ2v) is 2.56. The van der Waals surface area contributed by atoms with Crippen molar-refractivity contribution >= 4 is 0 Å². The van der Waals surface area contributed by atoms with E-state index in [1.54, 1.807) is 0 Å². The summed E-state index contributed by atoms with van der Waals surface area (Å²) in [7, 11) is 0. The molecule has 9 heavy (non-hydrogen) atoms. The molecular formula is C9H11+. The Morgan fingerprint density at radius 3 is 1.78 bits per heavy atom. The highest BCUT2D eigenvalue weighted by Crippen LogP contribution is 2.27. The zero-order chi connectivity index (χ0) is 6.85. The summed E-state index contributed by atoms with van der Waals surface area (Å²) >= 11 is 0. The van der Waals surface area contributed by atoms with Gasteiger partial charge in [0.25, 0.3) is 0 Å². The molecule has 0 spiro atoms. The lowest BCUT2D eigenvalue weighted by Gasteiger charge is -2.10. The standard InChI is InChI=1S/C9H11/c1-7-4-8(2)6-9(3)5-7/h4H,1-3,5-6H2/q+1. The lowest BCUT2D eigenvalue weighted by Crippen LogP contribution is -1.98. The van der Waals surface area contributed by atoms with Gasteiger partial charge >= 0.3 is 0 Å². The lowest BCUT2D eigenvalue weighted by atomic mass is 9.89. The molecule has 1 fully saturated rings. The monoisotopic (exact) mass is 119 g/mol. The van der Waals surface area contributed by atoms with Gasteiger partial charge in [0.15, 0.2) is 0 Å². The number of allylic oxidation sites excluding steroid dienone is 3. The van der Waals surface area contributed by atoms with Crippen LogP contribution in [0.25, 0.3) is 0 Å². The Bertz CT molecular complexity index is 127. The van der Waals surface area contributed by atoms with Crippen LogP contribution in [-0.2, 0) is 0 Å². The maximum absolute atomic E-state index is 3.87. The van der Waals surface area contributed by atoms with E-state index in [0.29, 0.717) is 0 Å². The Hall–Kier alpha value is -0.910. The van der Waals surface area contributed by atoms with Crippen LogP contribution in [0.1, 0.15) is 12.8 Å². The van der Waals surface area contributed by atoms with E-state index in [1.165, 1.54) is 5.57 Å². The van der Waals surface area contributed by atoms with Crippen LogP contribution < -0.4 is 0 Å². The van der Waals surface area contributed by atoms with Crippen molar-refractivity contribution in [2.75, 3.05) is 0 Å². The van der Waals surface area contributed by atoms with Crippen LogP contribution in [-0.4, -0.2) is 0 Å². The van der Waals surface area contributed by atoms with Crippen molar-refractivity contribution in [1.82, 2.24) is 0 Å². The highest BCUT2D eigenvalue weighted by atomic mass is 14.1. The Balaban J connectivity index is 2.64. The fraction of sp³-hybridized carbons (Fsp3) is 0.222. The second-order valence-electron chi connectivity index (χ2n) is 2.56. The van der Waals surface area contributed by atoms with Crippen molar-refractivity contribution in [2.24, 2.45) is 0 Å². The number of hydrogen-bond acceptors (Lipinski definition) is 0. The van der Waals surface area contributed by atoms with Gasteiger partial charge in [-0.25, -0.2) is 0 Å². The smallest absolute Gasteiger partial charge is 0.0568 e. The molecule has 0 N–H and O–H groups in total. The first kappa shape index (κ1) is 6.21. The van der Waals surface area contributed by atoms with Crippen molar-refractivity contribution in [3.05, 3.63) is 42.9 Å². The van der Waals surface area contributed by atoms with Crippen LogP contribution in [0.2, 0.25) is 0 Å². The van der Waals surface area contributed by atoms with E-state index in [9.17, 15) is 0 Å². The van der Waals surface area contributed by atoms with Gasteiger partial charge in [-0.1, -0.05) is 12.2 Å². The average molecular weight is 119 g/mol. The Kier molecular flexibility index (Phi) is 1.48. The van der Waals surface area contributed by atoms with Gasteiger partial charge in [0.2, 0.25) is 0 Å². The molecule has 1 aliphatic carbocycles. The molecule has 0 aromatic carbocycles. The minimum Gasteiger partial charge on any atom is -0.0990 e. The molecule has 0 amide bonds. The van der Waals surface area contributed by atoms with Crippen molar-refractivity contribution in [3.8, 4) is 0 Å². The SMILES string of the molecule is C=C1[CH+]C(=C)CC(=C)C1. The van der Waals surface area contributed by atoms with Crippen LogP contribution in [0.4, 0.5) is 0 Å². The molecule has 0 heteroatoms. The summed E-state index contributed by atoms with van der Waals surface area (Å²) in [5, 5.41) is 0. The van der Waals surface area contributed by atoms with Gasteiger partial charge in [0.1, 0.15) is 0 Å². The molecule has 0 bridgehead atoms. The Labute approximate surface area is 56.6 Å². The molecule has 0 atom stereocenters. The molecular weight excluding hydrogens is 108 g/mol. The molecule has 0 radical (unpaired) electrons. The van der Waals surface area contributed by atoms with Gasteiger partial charge in [-0.15, -0.1) is 0 Å². The fourth-order valence-corrected chi connectivity index (χ4v) is 1.10. The van der Waals surface area contributed by atoms with Gasteiger partial charge in [0, 0.05) is 19.3 Å². The highest BCUT2D eigenvalue weighted by molar-refractivity contribution is 5.36. The maximum atomic E-state index is 3.87. The molecule has 0 aliphatic heterocycles. The summed E-state index contributed by atoms with van der Waals surface area (Å²) < 4.78 is 0. The molecule has 0 nitrogen and oxygen atoms in total. The molecule has 1 aliphatic rings. The third-order valence-electron chi connectivity index (χ3n) is 1.36. The lowest BCUT2D eigenvalue weighted by molar-refractivity contribution is 0.971. The zero-order valence-corrected chi connectivity index (χ0v) is 5.61. The molecule has 0 aromatic heterocycles. The zero-order valence-electron chi connectivity index (χ0n) is 5.61. The largest absolute Gasteiger partial charge is 0.0990 e. The second kappa shape index (κ2) is 2.14. The minimum absolute atomic E-state index is 0.957. The van der Waals surface area contributed by atoms with E-state index in [-0.39, 0.29) is 0 Å². The van der Waals surface area contributed by atoms with Crippen LogP contribution >= 0.6 is 0 Å². The number of hydrogen-bond donors (Lipinski definition) is 0. The van der Waals surface area contributed by atoms with E-state index in [4.69, 9.17) is 0 Å². The van der Waals surface area contributed by atoms with E-state index in [2.05, 4.69) is 19.7 Å². The normalized spacial score (nSPS) is 19.8. The summed E-state index contributed by atoms with van der Waals surface area (Å²) in [6.07, 6.45) is 3.95. The Morgan fingerprint density at radius 1 is 1.00 bits per heavy atom. The average Bonchev–Trinajstić information content (AvgIpc) is 1.59. The van der Waals surface area contributed by atoms with Crippen LogP contribution in [0, 0.1) is 6.42 Å². The minimum atomic E-state index is 0.957. The molecule has 1 saturated carbocycles. The first-order valence-corrected chi connectivity index (χ1v) is 3.05. The van der Waals surface area contributed by atoms with Crippen molar-refractivity contribution in [3.63, 3.8) is 0 Å². The van der Waals surface area contributed by atoms with Crippen molar-refractivity contribution < 1.29 is 0 Å². The summed E-state index contributed by atoms with van der Waals surface area (Å²) in [5.41, 5.74) is 3.50. The van der Waals surface area contributed by atoms with E-state index >= 15 is 0 Å². The molecule has 1 rings (SSSR count). The molecule has 0 heterocycles. The number of rotatable bonds is 0. The maximum Gasteiger partial charge on any atom is 0.0568 e. The van der Waals surface area contributed by atoms with Gasteiger partial charge in [0.05, 0.1) is 11.1 Å². The molecule has 0 unspecified atom stereocenters. The van der Waals surface area contributed by atoms with Gasteiger partial charge < -0.3 is 0 Å². The van der Waals surface area contributed by atoms with Crippen LogP contribution in [0.5, 0.6) is 0 Å². The van der Waals surface area contributed by atoms with E-state index in [1.807, 2.05) is 6.42 Å². The summed E-state index contributed by atoms with van der Waals surface area (Å²) in [5.74, 6) is 0. The van der Waals surface area contributed by atoms with Crippen molar-refractivity contribution in [2.45, 2.75) is 12.8 Å². The summed E-state index contributed by atoms with van der Waals surface area (Å²) in [4.78, 5) is 0. The van der Waals surface area contributed by atoms with Crippen LogP contribution in [0.15, 0.2) is 36.5 Å². The topological polar surface area (TPSA) is 0 Å². The van der Waals surface area contributed by atoms with Crippen molar-refractivity contribution in [1.29, 1.82) is 0 Å². The summed E-state index contributed by atoms with van der Waals surface area (Å²) in [6.45, 7) is 11.5.